The van der Waals surface area contributed by atoms with E-state index in [1.165, 1.54) is 12.8 Å². The molecule has 2 aliphatic rings. The first-order valence-electron chi connectivity index (χ1n) is 7.26. The third kappa shape index (κ3) is 2.99. The van der Waals surface area contributed by atoms with Gasteiger partial charge in [0.2, 0.25) is 5.91 Å². The summed E-state index contributed by atoms with van der Waals surface area (Å²) in [5, 5.41) is 14.2. The van der Waals surface area contributed by atoms with Crippen molar-refractivity contribution in [3.63, 3.8) is 0 Å². The molecular weight excluding hydrogens is 258 g/mol. The fourth-order valence-corrected chi connectivity index (χ4v) is 2.53. The van der Waals surface area contributed by atoms with Crippen molar-refractivity contribution in [1.29, 1.82) is 0 Å². The summed E-state index contributed by atoms with van der Waals surface area (Å²) in [4.78, 5) is 12.1. The molecule has 2 atom stereocenters. The molecule has 0 aromatic carbocycles. The van der Waals surface area contributed by atoms with Crippen molar-refractivity contribution in [2.24, 2.45) is 0 Å². The quantitative estimate of drug-likeness (QED) is 0.770. The van der Waals surface area contributed by atoms with Gasteiger partial charge in [-0.25, -0.2) is 0 Å². The monoisotopic (exact) mass is 279 g/mol. The normalized spacial score (nSPS) is 26.4. The van der Waals surface area contributed by atoms with Crippen LogP contribution >= 0.6 is 0 Å². The second kappa shape index (κ2) is 5.88. The SMILES string of the molecule is C[C@H]1OCCN[C@@H]1C(=O)NCCn1cnnc1C1CC1. The number of hydrogen-bond donors (Lipinski definition) is 2. The molecule has 3 rings (SSSR count). The molecule has 1 saturated carbocycles. The number of morpholine rings is 1. The van der Waals surface area contributed by atoms with E-state index in [0.717, 1.165) is 12.4 Å². The molecule has 7 heteroatoms. The predicted octanol–water partition coefficient (Wildman–Crippen LogP) is -0.351. The van der Waals surface area contributed by atoms with Crippen molar-refractivity contribution in [2.75, 3.05) is 19.7 Å². The van der Waals surface area contributed by atoms with E-state index in [2.05, 4.69) is 20.8 Å². The summed E-state index contributed by atoms with van der Waals surface area (Å²) in [7, 11) is 0. The molecule has 1 aromatic rings. The number of hydrogen-bond acceptors (Lipinski definition) is 5. The summed E-state index contributed by atoms with van der Waals surface area (Å²) in [5.41, 5.74) is 0. The number of carbonyl (C=O) groups excluding carboxylic acids is 1. The summed E-state index contributed by atoms with van der Waals surface area (Å²) in [6, 6.07) is -0.257. The molecule has 0 radical (unpaired) electrons. The zero-order valence-corrected chi connectivity index (χ0v) is 11.7. The number of nitrogens with zero attached hydrogens (tertiary/aromatic N) is 3. The number of rotatable bonds is 5. The van der Waals surface area contributed by atoms with Crippen LogP contribution in [0.25, 0.3) is 0 Å². The molecule has 0 unspecified atom stereocenters. The summed E-state index contributed by atoms with van der Waals surface area (Å²) < 4.78 is 7.51. The highest BCUT2D eigenvalue weighted by atomic mass is 16.5. The van der Waals surface area contributed by atoms with Crippen LogP contribution in [-0.2, 0) is 16.1 Å². The second-order valence-corrected chi connectivity index (χ2v) is 5.46. The minimum Gasteiger partial charge on any atom is -0.375 e. The molecule has 20 heavy (non-hydrogen) atoms. The first-order chi connectivity index (χ1) is 9.75. The van der Waals surface area contributed by atoms with E-state index in [0.29, 0.717) is 25.6 Å². The Morgan fingerprint density at radius 2 is 2.45 bits per heavy atom. The van der Waals surface area contributed by atoms with Crippen molar-refractivity contribution >= 4 is 5.91 Å². The molecule has 1 aliphatic heterocycles. The Morgan fingerprint density at radius 3 is 3.20 bits per heavy atom. The lowest BCUT2D eigenvalue weighted by atomic mass is 10.1. The fraction of sp³-hybridized carbons (Fsp3) is 0.769. The van der Waals surface area contributed by atoms with Crippen LogP contribution in [0.2, 0.25) is 0 Å². The van der Waals surface area contributed by atoms with Crippen molar-refractivity contribution in [3.05, 3.63) is 12.2 Å². The van der Waals surface area contributed by atoms with Crippen LogP contribution in [0.3, 0.4) is 0 Å². The zero-order valence-electron chi connectivity index (χ0n) is 11.7. The van der Waals surface area contributed by atoms with E-state index in [1.54, 1.807) is 6.33 Å². The van der Waals surface area contributed by atoms with E-state index < -0.39 is 0 Å². The van der Waals surface area contributed by atoms with Gasteiger partial charge in [0.15, 0.2) is 0 Å². The lowest BCUT2D eigenvalue weighted by Gasteiger charge is -2.29. The maximum absolute atomic E-state index is 12.1. The van der Waals surface area contributed by atoms with Gasteiger partial charge >= 0.3 is 0 Å². The highest BCUT2D eigenvalue weighted by Gasteiger charge is 2.29. The smallest absolute Gasteiger partial charge is 0.239 e. The Bertz CT molecular complexity index is 471. The van der Waals surface area contributed by atoms with Crippen LogP contribution in [0.5, 0.6) is 0 Å². The largest absolute Gasteiger partial charge is 0.375 e. The number of aromatic nitrogens is 3. The van der Waals surface area contributed by atoms with Crippen LogP contribution in [0.1, 0.15) is 31.5 Å². The summed E-state index contributed by atoms with van der Waals surface area (Å²) in [6.45, 7) is 4.60. The van der Waals surface area contributed by atoms with E-state index >= 15 is 0 Å². The molecule has 1 saturated heterocycles. The maximum Gasteiger partial charge on any atom is 0.239 e. The van der Waals surface area contributed by atoms with Crippen LogP contribution in [0, 0.1) is 0 Å². The molecule has 1 amide bonds. The van der Waals surface area contributed by atoms with Gasteiger partial charge in [0.05, 0.1) is 12.7 Å². The van der Waals surface area contributed by atoms with Crippen LogP contribution in [-0.4, -0.2) is 52.5 Å². The van der Waals surface area contributed by atoms with Crippen LogP contribution < -0.4 is 10.6 Å². The van der Waals surface area contributed by atoms with Crippen LogP contribution in [0.15, 0.2) is 6.33 Å². The van der Waals surface area contributed by atoms with E-state index in [-0.39, 0.29) is 18.1 Å². The first kappa shape index (κ1) is 13.5. The average molecular weight is 279 g/mol. The lowest BCUT2D eigenvalue weighted by Crippen LogP contribution is -2.55. The summed E-state index contributed by atoms with van der Waals surface area (Å²) >= 11 is 0. The molecule has 2 heterocycles. The van der Waals surface area contributed by atoms with Gasteiger partial charge in [-0.3, -0.25) is 4.79 Å². The van der Waals surface area contributed by atoms with Crippen molar-refractivity contribution in [3.8, 4) is 0 Å². The Kier molecular flexibility index (Phi) is 3.98. The maximum atomic E-state index is 12.1. The molecule has 1 aliphatic carbocycles. The third-order valence-electron chi connectivity index (χ3n) is 3.84. The minimum atomic E-state index is -0.257. The first-order valence-corrected chi connectivity index (χ1v) is 7.26. The van der Waals surface area contributed by atoms with Gasteiger partial charge in [-0.1, -0.05) is 0 Å². The van der Waals surface area contributed by atoms with Crippen molar-refractivity contribution in [1.82, 2.24) is 25.4 Å². The topological polar surface area (TPSA) is 81.1 Å². The van der Waals surface area contributed by atoms with Gasteiger partial charge in [0, 0.05) is 25.6 Å². The molecule has 2 fully saturated rings. The minimum absolute atomic E-state index is 0.00162. The standard InChI is InChI=1S/C13H21N5O2/c1-9-11(14-5-7-20-9)13(19)15-4-6-18-8-16-17-12(18)10-2-3-10/h8-11,14H,2-7H2,1H3,(H,15,19)/t9-,11+/m1/s1. The van der Waals surface area contributed by atoms with E-state index in [1.807, 2.05) is 11.5 Å². The number of carbonyl (C=O) groups is 1. The Morgan fingerprint density at radius 1 is 1.60 bits per heavy atom. The van der Waals surface area contributed by atoms with E-state index in [9.17, 15) is 4.79 Å². The lowest BCUT2D eigenvalue weighted by molar-refractivity contribution is -0.128. The van der Waals surface area contributed by atoms with Gasteiger partial charge < -0.3 is 19.9 Å². The van der Waals surface area contributed by atoms with E-state index in [4.69, 9.17) is 4.74 Å². The molecule has 7 nitrogen and oxygen atoms in total. The highest BCUT2D eigenvalue weighted by molar-refractivity contribution is 5.82. The van der Waals surface area contributed by atoms with Gasteiger partial charge in [0.25, 0.3) is 0 Å². The molecule has 1 aromatic heterocycles. The molecule has 0 spiro atoms. The van der Waals surface area contributed by atoms with Gasteiger partial charge in [-0.05, 0) is 19.8 Å². The number of nitrogens with one attached hydrogen (secondary N) is 2. The molecular formula is C13H21N5O2. The molecule has 2 N–H and O–H groups in total. The fourth-order valence-electron chi connectivity index (χ4n) is 2.53. The third-order valence-corrected chi connectivity index (χ3v) is 3.84. The van der Waals surface area contributed by atoms with Gasteiger partial charge in [-0.2, -0.15) is 0 Å². The Labute approximate surface area is 118 Å². The van der Waals surface area contributed by atoms with Gasteiger partial charge in [-0.15, -0.1) is 10.2 Å². The number of amides is 1. The molecule has 0 bridgehead atoms. The van der Waals surface area contributed by atoms with Gasteiger partial charge in [0.1, 0.15) is 18.2 Å². The van der Waals surface area contributed by atoms with Crippen LogP contribution in [0.4, 0.5) is 0 Å². The van der Waals surface area contributed by atoms with Crippen molar-refractivity contribution < 1.29 is 9.53 Å². The second-order valence-electron chi connectivity index (χ2n) is 5.46. The predicted molar refractivity (Wildman–Crippen MR) is 72.2 cm³/mol. The molecule has 110 valence electrons. The highest BCUT2D eigenvalue weighted by Crippen LogP contribution is 2.38. The Hall–Kier alpha value is -1.47. The Balaban J connectivity index is 1.47. The summed E-state index contributed by atoms with van der Waals surface area (Å²) in [5.74, 6) is 1.62. The zero-order chi connectivity index (χ0) is 13.9. The number of ether oxygens (including phenoxy) is 1. The average Bonchev–Trinajstić information content (AvgIpc) is 3.19. The summed E-state index contributed by atoms with van der Waals surface area (Å²) in [6.07, 6.45) is 4.06. The van der Waals surface area contributed by atoms with Crippen molar-refractivity contribution in [2.45, 2.75) is 44.4 Å².